The molecule has 0 aromatic carbocycles. The van der Waals surface area contributed by atoms with Crippen molar-refractivity contribution in [2.45, 2.75) is 140 Å². The summed E-state index contributed by atoms with van der Waals surface area (Å²) in [6.07, 6.45) is 20.6. The molecule has 92 heavy (non-hydrogen) atoms. The Kier molecular flexibility index (Phi) is 23.6. The van der Waals surface area contributed by atoms with Crippen LogP contribution in [0, 0.1) is 0 Å². The van der Waals surface area contributed by atoms with Gasteiger partial charge in [-0.25, -0.2) is 9.59 Å². The van der Waals surface area contributed by atoms with E-state index in [4.69, 9.17) is 50.4 Å². The Balaban J connectivity index is 0.000000149. The number of nitrogen functional groups attached to an aromatic ring is 1. The Morgan fingerprint density at radius 1 is 0.554 bits per heavy atom. The number of hydrogen-bond donors (Lipinski definition) is 8. The first-order valence-corrected chi connectivity index (χ1v) is 33.4. The van der Waals surface area contributed by atoms with E-state index in [9.17, 15) is 38.4 Å². The summed E-state index contributed by atoms with van der Waals surface area (Å²) in [6, 6.07) is 4.46. The zero-order valence-corrected chi connectivity index (χ0v) is 57.5. The summed E-state index contributed by atoms with van der Waals surface area (Å²) in [7, 11) is 0. The monoisotopic (exact) mass is 1500 g/mol. The number of aromatic nitrogens is 13. The van der Waals surface area contributed by atoms with Crippen LogP contribution in [0.25, 0.3) is 0 Å². The lowest BCUT2D eigenvalue weighted by Crippen LogP contribution is -2.48. The number of nitrogens with one attached hydrogen (secondary N) is 6. The molecule has 8 aromatic heterocycles. The summed E-state index contributed by atoms with van der Waals surface area (Å²) in [5.74, 6) is 0.0497. The van der Waals surface area contributed by atoms with Crippen molar-refractivity contribution in [3.05, 3.63) is 123 Å². The van der Waals surface area contributed by atoms with E-state index in [1.165, 1.54) is 49.2 Å². The Morgan fingerprint density at radius 3 is 1.23 bits per heavy atom. The van der Waals surface area contributed by atoms with Gasteiger partial charge in [0, 0.05) is 0 Å². The van der Waals surface area contributed by atoms with Gasteiger partial charge in [0.1, 0.15) is 51.0 Å². The lowest BCUT2D eigenvalue weighted by molar-refractivity contribution is 0.0632. The molecule has 4 amide bonds. The molecule has 3 saturated carbocycles. The number of amides is 4. The van der Waals surface area contributed by atoms with Gasteiger partial charge in [-0.1, -0.05) is 54.1 Å². The Labute approximate surface area is 573 Å². The molecule has 40 heteroatoms. The molecule has 8 aromatic rings. The van der Waals surface area contributed by atoms with E-state index in [1.807, 2.05) is 0 Å². The van der Waals surface area contributed by atoms with E-state index < -0.39 is 34.7 Å². The normalized spacial score (nSPS) is 16.4. The molecule has 3 spiro atoms. The molecule has 11 heterocycles. The average Bonchev–Trinajstić information content (AvgIpc) is 1.58. The van der Waals surface area contributed by atoms with Crippen LogP contribution in [-0.4, -0.2) is 97.9 Å². The molecule has 0 atom stereocenters. The number of nitrogens with two attached hydrogens (primary N) is 1. The molecule has 3 aliphatic heterocycles. The van der Waals surface area contributed by atoms with Gasteiger partial charge in [0.2, 0.25) is 0 Å². The fraction of sp³-hybridized carbons (Fsp3) is 0.423. The van der Waals surface area contributed by atoms with Gasteiger partial charge in [-0.15, -0.1) is 12.4 Å². The van der Waals surface area contributed by atoms with Gasteiger partial charge in [0.05, 0.1) is 109 Å². The summed E-state index contributed by atoms with van der Waals surface area (Å²) in [5.41, 5.74) is 3.45. The number of halogens is 5. The fourth-order valence-corrected chi connectivity index (χ4v) is 14.2. The smallest absolute Gasteiger partial charge is 0.413 e. The highest BCUT2D eigenvalue weighted by atomic mass is 79.9. The summed E-state index contributed by atoms with van der Waals surface area (Å²) >= 11 is 27.0. The summed E-state index contributed by atoms with van der Waals surface area (Å²) in [4.78, 5) is 96.1. The molecule has 14 rings (SSSR count). The van der Waals surface area contributed by atoms with Gasteiger partial charge in [-0.2, -0.15) is 43.7 Å². The summed E-state index contributed by atoms with van der Waals surface area (Å²) in [6.45, 7) is 5.39. The van der Waals surface area contributed by atoms with E-state index in [0.717, 1.165) is 155 Å². The molecule has 0 radical (unpaired) electrons. The number of aromatic carboxylic acids is 1. The zero-order chi connectivity index (χ0) is 65.3. The molecular weight excluding hydrogens is 1450 g/mol. The van der Waals surface area contributed by atoms with Crippen LogP contribution in [-0.2, 0) is 21.7 Å². The molecule has 9 N–H and O–H groups in total. The number of anilines is 6. The highest BCUT2D eigenvalue weighted by molar-refractivity contribution is 9.10. The van der Waals surface area contributed by atoms with Crippen LogP contribution in [0.3, 0.4) is 0 Å². The van der Waals surface area contributed by atoms with Gasteiger partial charge < -0.3 is 42.2 Å². The number of carboxylic acid groups (broad SMARTS) is 1. The second kappa shape index (κ2) is 30.7. The van der Waals surface area contributed by atoms with Crippen molar-refractivity contribution in [3.8, 4) is 0 Å². The lowest BCUT2D eigenvalue weighted by atomic mass is 9.89. The van der Waals surface area contributed by atoms with Crippen molar-refractivity contribution in [3.63, 3.8) is 0 Å². The van der Waals surface area contributed by atoms with Crippen molar-refractivity contribution in [1.82, 2.24) is 73.4 Å². The Bertz CT molecular complexity index is 3940. The van der Waals surface area contributed by atoms with Crippen molar-refractivity contribution in [1.29, 1.82) is 0 Å². The molecule has 0 unspecified atom stereocenters. The molecular formula is C52H57BrCl4N20O10S5. The first kappa shape index (κ1) is 70.7. The standard InChI is InChI=1S/2C14H14ClN5O2S.C12H12BrClN2O2.C7H11N3O2S.C3H2N2O2S.C2H3N3S.ClH/c2*15-8-6-9(17-10-7-16-23-19-10)13(22)20-11(8)12(21)18-14(20)4-2-1-3-5-14;13-7-6-8(14)9-10(17)15-12(16(9)11(7)18)4-2-1-3-5-12;1-7(2,3)12-6(11)9-5-4-8-13-10-5;6-3(7)2-1-4-8-5-2;3-2-1-4-6-5-2;/h2*6-7H,1-5H2,(H,17,19)(H,18,21);6H,1-5H2,(H,15,17);4H,1-3H3,(H,9,10,11);1H,(H,6,7);1H,(H2,3,5);1H. The molecule has 0 saturated heterocycles. The molecule has 0 bridgehead atoms. The quantitative estimate of drug-likeness (QED) is 0.0767. The van der Waals surface area contributed by atoms with Crippen LogP contribution >= 0.6 is 122 Å². The van der Waals surface area contributed by atoms with Crippen LogP contribution in [0.4, 0.5) is 39.4 Å². The van der Waals surface area contributed by atoms with Crippen molar-refractivity contribution in [2.24, 2.45) is 0 Å². The number of nitrogens with zero attached hydrogens (tertiary/aromatic N) is 13. The number of carbonyl (C=O) groups excluding carboxylic acids is 4. The summed E-state index contributed by atoms with van der Waals surface area (Å²) < 4.78 is 47.6. The Morgan fingerprint density at radius 2 is 0.913 bits per heavy atom. The van der Waals surface area contributed by atoms with Crippen LogP contribution < -0.4 is 54.3 Å². The maximum Gasteiger partial charge on any atom is 0.413 e. The minimum Gasteiger partial charge on any atom is -0.476 e. The number of rotatable bonds is 6. The third-order valence-electron chi connectivity index (χ3n) is 14.6. The van der Waals surface area contributed by atoms with Crippen LogP contribution in [0.15, 0.2) is 68.0 Å². The average molecular weight is 1500 g/mol. The van der Waals surface area contributed by atoms with Gasteiger partial charge in [-0.3, -0.25) is 47.8 Å². The van der Waals surface area contributed by atoms with E-state index in [1.54, 1.807) is 34.5 Å². The van der Waals surface area contributed by atoms with E-state index in [0.29, 0.717) is 49.8 Å². The van der Waals surface area contributed by atoms with Gasteiger partial charge >= 0.3 is 12.1 Å². The zero-order valence-electron chi connectivity index (χ0n) is 48.7. The second-order valence-corrected chi connectivity index (χ2v) is 26.8. The molecule has 490 valence electrons. The summed E-state index contributed by atoms with van der Waals surface area (Å²) in [5, 5.41) is 26.3. The van der Waals surface area contributed by atoms with Gasteiger partial charge in [-0.05, 0) is 132 Å². The molecule has 3 aliphatic carbocycles. The number of carbonyl (C=O) groups is 5. The van der Waals surface area contributed by atoms with Crippen molar-refractivity contribution < 1.29 is 33.8 Å². The van der Waals surface area contributed by atoms with Crippen LogP contribution in [0.1, 0.15) is 159 Å². The largest absolute Gasteiger partial charge is 0.476 e. The molecule has 6 aliphatic rings. The van der Waals surface area contributed by atoms with E-state index in [-0.39, 0.29) is 73.9 Å². The predicted octanol–water partition coefficient (Wildman–Crippen LogP) is 10.2. The number of carboxylic acids is 1. The predicted molar refractivity (Wildman–Crippen MR) is 355 cm³/mol. The highest BCUT2D eigenvalue weighted by Gasteiger charge is 2.48. The van der Waals surface area contributed by atoms with Crippen LogP contribution in [0.5, 0.6) is 0 Å². The Hall–Kier alpha value is -7.16. The maximum absolute atomic E-state index is 13.0. The molecule has 3 fully saturated rings. The maximum atomic E-state index is 13.0. The third-order valence-corrected chi connectivity index (χ3v) is 18.5. The minimum absolute atomic E-state index is 0. The molecule has 30 nitrogen and oxygen atoms in total. The second-order valence-electron chi connectivity index (χ2n) is 21.9. The lowest BCUT2D eigenvalue weighted by Gasteiger charge is -2.35. The highest BCUT2D eigenvalue weighted by Crippen LogP contribution is 2.41. The SMILES string of the molecule is CC(C)(C)OC(=O)Nc1cnsn1.Cl.Nc1cnsn1.O=C(O)c1cnsn1.O=C1NC2(CCCCC2)n2c1c(Cl)cc(Br)c2=O.O=C1NC2(CCCCC2)n2c1c(Cl)cc(Nc1cnsn1)c2=O.O=C1NC2(CCCCC2)n2c1c(Cl)cc(Nc1cnsn1)c2=O. The third kappa shape index (κ3) is 16.4. The van der Waals surface area contributed by atoms with Crippen molar-refractivity contribution in [2.75, 3.05) is 21.7 Å². The number of pyridine rings is 3. The van der Waals surface area contributed by atoms with E-state index in [2.05, 4.69) is 91.6 Å². The number of ether oxygens (including phenoxy) is 1. The fourth-order valence-electron chi connectivity index (χ4n) is 11.0. The van der Waals surface area contributed by atoms with Crippen LogP contribution in [0.2, 0.25) is 15.1 Å². The minimum atomic E-state index is -1.03. The first-order chi connectivity index (χ1) is 43.4. The van der Waals surface area contributed by atoms with Gasteiger partial charge in [0.15, 0.2) is 29.0 Å². The topological polar surface area (TPSA) is 408 Å². The van der Waals surface area contributed by atoms with E-state index >= 15 is 0 Å². The first-order valence-electron chi connectivity index (χ1n) is 27.9. The van der Waals surface area contributed by atoms with Gasteiger partial charge in [0.25, 0.3) is 34.4 Å². The number of hydrogen-bond acceptors (Lipinski definition) is 27. The van der Waals surface area contributed by atoms with Crippen molar-refractivity contribution >= 4 is 186 Å². The number of fused-ring (bicyclic) bond motifs is 6.